The molecule has 0 radical (unpaired) electrons. The smallest absolute Gasteiger partial charge is 0.173 e. The van der Waals surface area contributed by atoms with Gasteiger partial charge in [0.25, 0.3) is 0 Å². The van der Waals surface area contributed by atoms with Crippen molar-refractivity contribution in [3.05, 3.63) is 71.5 Å². The predicted molar refractivity (Wildman–Crippen MR) is 117 cm³/mol. The monoisotopic (exact) mass is 405 g/mol. The first-order valence-electron chi connectivity index (χ1n) is 11.0. The maximum atomic E-state index is 5.75. The fraction of sp³-hybridized carbons (Fsp3) is 0.458. The number of ether oxygens (including phenoxy) is 1. The van der Waals surface area contributed by atoms with Crippen LogP contribution in [0.15, 0.2) is 54.6 Å². The molecule has 1 heterocycles. The zero-order valence-corrected chi connectivity index (χ0v) is 17.9. The van der Waals surface area contributed by atoms with Crippen molar-refractivity contribution in [1.82, 2.24) is 25.1 Å². The summed E-state index contributed by atoms with van der Waals surface area (Å²) in [5.41, 5.74) is 2.38. The Labute approximate surface area is 178 Å². The van der Waals surface area contributed by atoms with Crippen LogP contribution < -0.4 is 4.74 Å². The van der Waals surface area contributed by atoms with Gasteiger partial charge in [0, 0.05) is 12.1 Å². The van der Waals surface area contributed by atoms with Crippen molar-refractivity contribution in [2.45, 2.75) is 57.7 Å². The van der Waals surface area contributed by atoms with Gasteiger partial charge in [0.05, 0.1) is 13.2 Å². The average molecular weight is 406 g/mol. The van der Waals surface area contributed by atoms with E-state index < -0.39 is 0 Å². The molecule has 4 rings (SSSR count). The molecule has 1 aliphatic rings. The van der Waals surface area contributed by atoms with Crippen molar-refractivity contribution in [2.24, 2.45) is 0 Å². The molecule has 1 aliphatic carbocycles. The number of para-hydroxylation sites is 1. The van der Waals surface area contributed by atoms with E-state index in [1.807, 2.05) is 12.1 Å². The molecule has 6 nitrogen and oxygen atoms in total. The first kappa shape index (κ1) is 20.5. The summed E-state index contributed by atoms with van der Waals surface area (Å²) in [7, 11) is 1.73. The third-order valence-corrected chi connectivity index (χ3v) is 6.12. The number of rotatable bonds is 8. The standard InChI is InChI=1S/C24H31N5O/c1-3-28(18-19-12-6-4-7-13-19)23(21-16-10-11-17-22(21)30-2)24-25-26-27-29(24)20-14-8-5-9-15-20/h4,6-7,10-13,16-17,20,23H,3,5,8-9,14-15,18H2,1-2H3. The minimum absolute atomic E-state index is 0.0803. The van der Waals surface area contributed by atoms with Crippen LogP contribution in [0.2, 0.25) is 0 Å². The van der Waals surface area contributed by atoms with Crippen LogP contribution in [0, 0.1) is 0 Å². The summed E-state index contributed by atoms with van der Waals surface area (Å²) in [6, 6.07) is 19.1. The van der Waals surface area contributed by atoms with E-state index in [4.69, 9.17) is 4.74 Å². The number of aromatic nitrogens is 4. The highest BCUT2D eigenvalue weighted by molar-refractivity contribution is 5.39. The SMILES string of the molecule is CCN(Cc1ccccc1)C(c1ccccc1OC)c1nnnn1C1CCCCC1. The number of benzene rings is 2. The van der Waals surface area contributed by atoms with Crippen LogP contribution in [0.3, 0.4) is 0 Å². The molecule has 1 fully saturated rings. The number of methoxy groups -OCH3 is 1. The molecule has 0 amide bonds. The molecule has 0 saturated heterocycles. The molecule has 158 valence electrons. The van der Waals surface area contributed by atoms with Gasteiger partial charge in [-0.05, 0) is 41.4 Å². The fourth-order valence-electron chi connectivity index (χ4n) is 4.56. The summed E-state index contributed by atoms with van der Waals surface area (Å²) in [6.07, 6.45) is 6.07. The Kier molecular flexibility index (Phi) is 6.74. The van der Waals surface area contributed by atoms with E-state index in [9.17, 15) is 0 Å². The summed E-state index contributed by atoms with van der Waals surface area (Å²) in [5, 5.41) is 13.1. The van der Waals surface area contributed by atoms with E-state index in [1.165, 1.54) is 24.8 Å². The van der Waals surface area contributed by atoms with Gasteiger partial charge in [0.1, 0.15) is 11.8 Å². The minimum atomic E-state index is -0.0803. The second-order valence-electron chi connectivity index (χ2n) is 7.97. The van der Waals surface area contributed by atoms with Gasteiger partial charge in [-0.25, -0.2) is 4.68 Å². The van der Waals surface area contributed by atoms with Crippen molar-refractivity contribution in [3.63, 3.8) is 0 Å². The van der Waals surface area contributed by atoms with Gasteiger partial charge in [0.15, 0.2) is 5.82 Å². The molecule has 1 saturated carbocycles. The van der Waals surface area contributed by atoms with E-state index >= 15 is 0 Å². The lowest BCUT2D eigenvalue weighted by Gasteiger charge is -2.32. The third-order valence-electron chi connectivity index (χ3n) is 6.12. The second-order valence-corrected chi connectivity index (χ2v) is 7.97. The summed E-state index contributed by atoms with van der Waals surface area (Å²) in [5.74, 6) is 1.77. The van der Waals surface area contributed by atoms with Crippen molar-refractivity contribution >= 4 is 0 Å². The Morgan fingerprint density at radius 1 is 1.03 bits per heavy atom. The van der Waals surface area contributed by atoms with Crippen LogP contribution in [0.25, 0.3) is 0 Å². The molecule has 1 aromatic heterocycles. The van der Waals surface area contributed by atoms with E-state index in [0.29, 0.717) is 6.04 Å². The van der Waals surface area contributed by atoms with Crippen LogP contribution in [0.4, 0.5) is 0 Å². The van der Waals surface area contributed by atoms with Gasteiger partial charge in [0.2, 0.25) is 0 Å². The number of tetrazole rings is 1. The Morgan fingerprint density at radius 3 is 2.50 bits per heavy atom. The van der Waals surface area contributed by atoms with E-state index in [1.54, 1.807) is 7.11 Å². The van der Waals surface area contributed by atoms with Crippen molar-refractivity contribution in [2.75, 3.05) is 13.7 Å². The van der Waals surface area contributed by atoms with Gasteiger partial charge in [-0.2, -0.15) is 0 Å². The van der Waals surface area contributed by atoms with Gasteiger partial charge in [-0.15, -0.1) is 5.10 Å². The summed E-state index contributed by atoms with van der Waals surface area (Å²) < 4.78 is 7.84. The molecule has 0 spiro atoms. The highest BCUT2D eigenvalue weighted by atomic mass is 16.5. The largest absolute Gasteiger partial charge is 0.496 e. The molecule has 0 aliphatic heterocycles. The average Bonchev–Trinajstić information content (AvgIpc) is 3.29. The van der Waals surface area contributed by atoms with Crippen LogP contribution >= 0.6 is 0 Å². The van der Waals surface area contributed by atoms with Gasteiger partial charge in [-0.3, -0.25) is 4.90 Å². The molecule has 6 heteroatoms. The number of hydrogen-bond acceptors (Lipinski definition) is 5. The van der Waals surface area contributed by atoms with Crippen LogP contribution in [-0.2, 0) is 6.54 Å². The maximum Gasteiger partial charge on any atom is 0.173 e. The molecular formula is C24H31N5O. The topological polar surface area (TPSA) is 56.1 Å². The molecule has 1 atom stereocenters. The lowest BCUT2D eigenvalue weighted by Crippen LogP contribution is -2.32. The second kappa shape index (κ2) is 9.85. The zero-order valence-electron chi connectivity index (χ0n) is 17.9. The summed E-state index contributed by atoms with van der Waals surface area (Å²) >= 11 is 0. The zero-order chi connectivity index (χ0) is 20.8. The maximum absolute atomic E-state index is 5.75. The third kappa shape index (κ3) is 4.38. The number of hydrogen-bond donors (Lipinski definition) is 0. The van der Waals surface area contributed by atoms with Crippen molar-refractivity contribution < 1.29 is 4.74 Å². The molecule has 30 heavy (non-hydrogen) atoms. The summed E-state index contributed by atoms with van der Waals surface area (Å²) in [4.78, 5) is 2.43. The van der Waals surface area contributed by atoms with Crippen LogP contribution in [0.1, 0.15) is 68.1 Å². The van der Waals surface area contributed by atoms with Gasteiger partial charge >= 0.3 is 0 Å². The molecule has 3 aromatic rings. The van der Waals surface area contributed by atoms with Gasteiger partial charge in [-0.1, -0.05) is 74.7 Å². The van der Waals surface area contributed by atoms with Gasteiger partial charge < -0.3 is 4.74 Å². The van der Waals surface area contributed by atoms with Crippen molar-refractivity contribution in [3.8, 4) is 5.75 Å². The van der Waals surface area contributed by atoms with Crippen molar-refractivity contribution in [1.29, 1.82) is 0 Å². The van der Waals surface area contributed by atoms with E-state index in [0.717, 1.165) is 43.1 Å². The molecule has 0 bridgehead atoms. The first-order chi connectivity index (χ1) is 14.8. The first-order valence-corrected chi connectivity index (χ1v) is 11.0. The summed E-state index contributed by atoms with van der Waals surface area (Å²) in [6.45, 7) is 3.88. The Bertz CT molecular complexity index is 920. The lowest BCUT2D eigenvalue weighted by atomic mass is 9.95. The van der Waals surface area contributed by atoms with E-state index in [2.05, 4.69) is 74.5 Å². The molecule has 2 aromatic carbocycles. The lowest BCUT2D eigenvalue weighted by molar-refractivity contribution is 0.202. The van der Waals surface area contributed by atoms with E-state index in [-0.39, 0.29) is 6.04 Å². The fourth-order valence-corrected chi connectivity index (χ4v) is 4.56. The molecule has 1 unspecified atom stereocenters. The minimum Gasteiger partial charge on any atom is -0.496 e. The van der Waals surface area contributed by atoms with Crippen LogP contribution in [0.5, 0.6) is 5.75 Å². The highest BCUT2D eigenvalue weighted by Crippen LogP contribution is 2.37. The van der Waals surface area contributed by atoms with Crippen LogP contribution in [-0.4, -0.2) is 38.8 Å². The quantitative estimate of drug-likeness (QED) is 0.539. The Hall–Kier alpha value is -2.73. The number of nitrogens with zero attached hydrogens (tertiary/aromatic N) is 5. The molecular weight excluding hydrogens is 374 g/mol. The Balaban J connectivity index is 1.77. The molecule has 0 N–H and O–H groups in total. The predicted octanol–water partition coefficient (Wildman–Crippen LogP) is 4.80. The Morgan fingerprint density at radius 2 is 1.77 bits per heavy atom. The highest BCUT2D eigenvalue weighted by Gasteiger charge is 2.32. The normalized spacial score (nSPS) is 16.0.